The molecule has 1 atom stereocenters. The average molecular weight is 274 g/mol. The Bertz CT molecular complexity index is 446. The molecule has 6 nitrogen and oxygen atoms in total. The van der Waals surface area contributed by atoms with E-state index in [1.165, 1.54) is 6.20 Å². The minimum Gasteiger partial charge on any atom is -0.481 e. The molecular weight excluding hydrogens is 258 g/mol. The largest absolute Gasteiger partial charge is 0.481 e. The molecule has 0 saturated carbocycles. The zero-order chi connectivity index (χ0) is 12.4. The van der Waals surface area contributed by atoms with E-state index in [9.17, 15) is 9.59 Å². The zero-order valence-corrected chi connectivity index (χ0v) is 10.9. The number of aryl methyl sites for hydroxylation is 1. The van der Waals surface area contributed by atoms with E-state index in [2.05, 4.69) is 5.10 Å². The summed E-state index contributed by atoms with van der Waals surface area (Å²) >= 11 is 0. The van der Waals surface area contributed by atoms with E-state index in [0.29, 0.717) is 31.6 Å². The number of aromatic nitrogens is 2. The van der Waals surface area contributed by atoms with E-state index in [-0.39, 0.29) is 18.3 Å². The maximum Gasteiger partial charge on any atom is 0.308 e. The fourth-order valence-corrected chi connectivity index (χ4v) is 1.98. The predicted molar refractivity (Wildman–Crippen MR) is 66.8 cm³/mol. The predicted octanol–water partition coefficient (Wildman–Crippen LogP) is 0.871. The standard InChI is InChI=1S/C11H15N3O3.ClH/c1-2-14-7-9(5-12-14)10(15)13-4-3-8(6-13)11(16)17;/h5,7-8H,2-4,6H2,1H3,(H,16,17);1H. The molecule has 0 bridgehead atoms. The molecule has 0 radical (unpaired) electrons. The van der Waals surface area contributed by atoms with Crippen molar-refractivity contribution in [2.24, 2.45) is 5.92 Å². The lowest BCUT2D eigenvalue weighted by Gasteiger charge is -2.14. The molecule has 100 valence electrons. The molecule has 1 aliphatic rings. The lowest BCUT2D eigenvalue weighted by Crippen LogP contribution is -2.29. The third-order valence-corrected chi connectivity index (χ3v) is 3.03. The molecule has 1 aliphatic heterocycles. The van der Waals surface area contributed by atoms with Crippen LogP contribution in [-0.2, 0) is 11.3 Å². The Hall–Kier alpha value is -1.56. The van der Waals surface area contributed by atoms with Gasteiger partial charge in [-0.15, -0.1) is 12.4 Å². The second kappa shape index (κ2) is 5.86. The van der Waals surface area contributed by atoms with Crippen molar-refractivity contribution >= 4 is 24.3 Å². The first-order valence-corrected chi connectivity index (χ1v) is 5.66. The Morgan fingerprint density at radius 2 is 2.28 bits per heavy atom. The topological polar surface area (TPSA) is 75.4 Å². The summed E-state index contributed by atoms with van der Waals surface area (Å²) in [7, 11) is 0. The van der Waals surface area contributed by atoms with Gasteiger partial charge in [-0.05, 0) is 13.3 Å². The molecule has 1 N–H and O–H groups in total. The number of hydrogen-bond acceptors (Lipinski definition) is 3. The fourth-order valence-electron chi connectivity index (χ4n) is 1.98. The summed E-state index contributed by atoms with van der Waals surface area (Å²) in [4.78, 5) is 24.4. The molecule has 0 aliphatic carbocycles. The number of rotatable bonds is 3. The smallest absolute Gasteiger partial charge is 0.308 e. The third-order valence-electron chi connectivity index (χ3n) is 3.03. The van der Waals surface area contributed by atoms with Crippen LogP contribution in [0, 0.1) is 5.92 Å². The molecule has 2 heterocycles. The van der Waals surface area contributed by atoms with Crippen molar-refractivity contribution in [2.75, 3.05) is 13.1 Å². The van der Waals surface area contributed by atoms with Crippen LogP contribution in [-0.4, -0.2) is 44.8 Å². The molecule has 1 fully saturated rings. The molecule has 18 heavy (non-hydrogen) atoms. The normalized spacial score (nSPS) is 18.5. The molecule has 1 amide bonds. The summed E-state index contributed by atoms with van der Waals surface area (Å²) in [5.74, 6) is -1.39. The molecular formula is C11H16ClN3O3. The van der Waals surface area contributed by atoms with Gasteiger partial charge in [0.1, 0.15) is 0 Å². The molecule has 0 spiro atoms. The van der Waals surface area contributed by atoms with Gasteiger partial charge in [0.25, 0.3) is 5.91 Å². The van der Waals surface area contributed by atoms with E-state index < -0.39 is 11.9 Å². The molecule has 0 aromatic carbocycles. The highest BCUT2D eigenvalue weighted by atomic mass is 35.5. The SMILES string of the molecule is CCn1cc(C(=O)N2CCC(C(=O)O)C2)cn1.Cl. The molecule has 1 unspecified atom stereocenters. The second-order valence-electron chi connectivity index (χ2n) is 4.16. The van der Waals surface area contributed by atoms with Gasteiger partial charge in [0.2, 0.25) is 0 Å². The summed E-state index contributed by atoms with van der Waals surface area (Å²) in [6.07, 6.45) is 3.75. The maximum atomic E-state index is 12.0. The number of carboxylic acid groups (broad SMARTS) is 1. The molecule has 2 rings (SSSR count). The van der Waals surface area contributed by atoms with Crippen molar-refractivity contribution in [3.8, 4) is 0 Å². The van der Waals surface area contributed by atoms with Gasteiger partial charge < -0.3 is 10.0 Å². The van der Waals surface area contributed by atoms with Crippen LogP contribution in [0.3, 0.4) is 0 Å². The molecule has 1 saturated heterocycles. The summed E-state index contributed by atoms with van der Waals surface area (Å²) in [6.45, 7) is 3.46. The van der Waals surface area contributed by atoms with Gasteiger partial charge in [-0.2, -0.15) is 5.10 Å². The number of likely N-dealkylation sites (tertiary alicyclic amines) is 1. The fraction of sp³-hybridized carbons (Fsp3) is 0.545. The number of carboxylic acids is 1. The number of halogens is 1. The Morgan fingerprint density at radius 3 is 2.78 bits per heavy atom. The minimum absolute atomic E-state index is 0. The Balaban J connectivity index is 0.00000162. The van der Waals surface area contributed by atoms with Gasteiger partial charge in [-0.25, -0.2) is 0 Å². The monoisotopic (exact) mass is 273 g/mol. The summed E-state index contributed by atoms with van der Waals surface area (Å²) in [6, 6.07) is 0. The Labute approximate surface area is 111 Å². The first kappa shape index (κ1) is 14.5. The van der Waals surface area contributed by atoms with E-state index >= 15 is 0 Å². The van der Waals surface area contributed by atoms with Crippen LogP contribution in [0.25, 0.3) is 0 Å². The van der Waals surface area contributed by atoms with Crippen molar-refractivity contribution in [3.63, 3.8) is 0 Å². The molecule has 7 heteroatoms. The summed E-state index contributed by atoms with van der Waals surface area (Å²) < 4.78 is 1.68. The van der Waals surface area contributed by atoms with E-state index in [1.807, 2.05) is 6.92 Å². The van der Waals surface area contributed by atoms with Crippen molar-refractivity contribution in [1.29, 1.82) is 0 Å². The third kappa shape index (κ3) is 2.81. The van der Waals surface area contributed by atoms with Crippen LogP contribution >= 0.6 is 12.4 Å². The van der Waals surface area contributed by atoms with Crippen molar-refractivity contribution in [3.05, 3.63) is 18.0 Å². The average Bonchev–Trinajstić information content (AvgIpc) is 2.97. The van der Waals surface area contributed by atoms with Crippen molar-refractivity contribution in [2.45, 2.75) is 19.9 Å². The van der Waals surface area contributed by atoms with Gasteiger partial charge in [0.15, 0.2) is 0 Å². The van der Waals surface area contributed by atoms with Gasteiger partial charge >= 0.3 is 5.97 Å². The quantitative estimate of drug-likeness (QED) is 0.887. The van der Waals surface area contributed by atoms with Crippen molar-refractivity contribution in [1.82, 2.24) is 14.7 Å². The number of hydrogen-bond donors (Lipinski definition) is 1. The van der Waals surface area contributed by atoms with Gasteiger partial charge in [0.05, 0.1) is 17.7 Å². The highest BCUT2D eigenvalue weighted by Crippen LogP contribution is 2.18. The molecule has 1 aromatic rings. The maximum absolute atomic E-state index is 12.0. The van der Waals surface area contributed by atoms with Crippen LogP contribution in [0.1, 0.15) is 23.7 Å². The van der Waals surface area contributed by atoms with Gasteiger partial charge in [-0.1, -0.05) is 0 Å². The summed E-state index contributed by atoms with van der Waals surface area (Å²) in [5, 5.41) is 12.9. The van der Waals surface area contributed by atoms with E-state index in [0.717, 1.165) is 0 Å². The van der Waals surface area contributed by atoms with Crippen molar-refractivity contribution < 1.29 is 14.7 Å². The van der Waals surface area contributed by atoms with Crippen LogP contribution < -0.4 is 0 Å². The Kier molecular flexibility index (Phi) is 4.72. The highest BCUT2D eigenvalue weighted by Gasteiger charge is 2.31. The van der Waals surface area contributed by atoms with E-state index in [1.54, 1.807) is 15.8 Å². The number of carbonyl (C=O) groups excluding carboxylic acids is 1. The van der Waals surface area contributed by atoms with Crippen LogP contribution in [0.2, 0.25) is 0 Å². The first-order valence-electron chi connectivity index (χ1n) is 5.66. The minimum atomic E-state index is -0.829. The van der Waals surface area contributed by atoms with Gasteiger partial charge in [0, 0.05) is 25.8 Å². The van der Waals surface area contributed by atoms with Crippen LogP contribution in [0.15, 0.2) is 12.4 Å². The zero-order valence-electron chi connectivity index (χ0n) is 10.1. The Morgan fingerprint density at radius 1 is 1.56 bits per heavy atom. The number of nitrogens with zero attached hydrogens (tertiary/aromatic N) is 3. The highest BCUT2D eigenvalue weighted by molar-refractivity contribution is 5.94. The molecule has 1 aromatic heterocycles. The lowest BCUT2D eigenvalue weighted by molar-refractivity contribution is -0.141. The number of amides is 1. The summed E-state index contributed by atoms with van der Waals surface area (Å²) in [5.41, 5.74) is 0.526. The van der Waals surface area contributed by atoms with Crippen LogP contribution in [0.5, 0.6) is 0 Å². The number of aliphatic carboxylic acids is 1. The lowest BCUT2D eigenvalue weighted by atomic mass is 10.1. The van der Waals surface area contributed by atoms with Crippen LogP contribution in [0.4, 0.5) is 0 Å². The first-order chi connectivity index (χ1) is 8.11. The van der Waals surface area contributed by atoms with Gasteiger partial charge in [-0.3, -0.25) is 14.3 Å². The van der Waals surface area contributed by atoms with E-state index in [4.69, 9.17) is 5.11 Å². The number of carbonyl (C=O) groups is 2. The second-order valence-corrected chi connectivity index (χ2v) is 4.16.